The van der Waals surface area contributed by atoms with Crippen molar-refractivity contribution in [2.75, 3.05) is 0 Å². The van der Waals surface area contributed by atoms with Gasteiger partial charge in [-0.3, -0.25) is 0 Å². The van der Waals surface area contributed by atoms with E-state index >= 15 is 0 Å². The molecule has 0 heterocycles. The molecule has 0 unspecified atom stereocenters. The molecule has 0 amide bonds. The number of rotatable bonds is 3. The number of hydrogen-bond donors (Lipinski definition) is 1. The van der Waals surface area contributed by atoms with Gasteiger partial charge in [-0.15, -0.1) is 0 Å². The van der Waals surface area contributed by atoms with Crippen LogP contribution in [0.1, 0.15) is 20.7 Å². The largest absolute Gasteiger partial charge is 0.478 e. The number of carboxylic acid groups (broad SMARTS) is 1. The summed E-state index contributed by atoms with van der Waals surface area (Å²) >= 11 is 0. The maximum atomic E-state index is 11.1. The van der Waals surface area contributed by atoms with Gasteiger partial charge < -0.3 is 9.29 Å². The molecule has 0 saturated heterocycles. The molecule has 0 fully saturated rings. The molecular formula is C8H5ClO6S. The summed E-state index contributed by atoms with van der Waals surface area (Å²) in [5, 5.41) is 8.57. The molecule has 1 aromatic rings. The number of carboxylic acids is 1. The lowest BCUT2D eigenvalue weighted by atomic mass is 10.1. The first-order valence-electron chi connectivity index (χ1n) is 3.81. The first-order chi connectivity index (χ1) is 7.29. The Balaban J connectivity index is 2.90. The molecule has 0 aromatic heterocycles. The molecule has 0 bridgehead atoms. The van der Waals surface area contributed by atoms with Gasteiger partial charge in [0, 0.05) is 0 Å². The van der Waals surface area contributed by atoms with Crippen molar-refractivity contribution in [3.8, 4) is 0 Å². The molecule has 0 aliphatic heterocycles. The van der Waals surface area contributed by atoms with Gasteiger partial charge in [-0.05, 0) is 24.3 Å². The SMILES string of the molecule is O=C(O)c1ccc(C(=O)OS(=O)(=O)Cl)cc1. The van der Waals surface area contributed by atoms with E-state index in [1.165, 1.54) is 0 Å². The monoisotopic (exact) mass is 264 g/mol. The highest BCUT2D eigenvalue weighted by Crippen LogP contribution is 2.09. The molecule has 0 aliphatic rings. The van der Waals surface area contributed by atoms with Crippen LogP contribution in [0.15, 0.2) is 24.3 Å². The fourth-order valence-electron chi connectivity index (χ4n) is 0.887. The molecule has 0 saturated carbocycles. The predicted octanol–water partition coefficient (Wildman–Crippen LogP) is 1.03. The Morgan fingerprint density at radius 1 is 1.12 bits per heavy atom. The van der Waals surface area contributed by atoms with Crippen LogP contribution < -0.4 is 0 Å². The molecule has 16 heavy (non-hydrogen) atoms. The van der Waals surface area contributed by atoms with E-state index in [1.807, 2.05) is 0 Å². The zero-order chi connectivity index (χ0) is 12.3. The van der Waals surface area contributed by atoms with Gasteiger partial charge >= 0.3 is 21.3 Å². The van der Waals surface area contributed by atoms with E-state index in [0.717, 1.165) is 24.3 Å². The highest BCUT2D eigenvalue weighted by molar-refractivity contribution is 8.10. The fourth-order valence-corrected chi connectivity index (χ4v) is 1.34. The van der Waals surface area contributed by atoms with Crippen LogP contribution in [0.5, 0.6) is 0 Å². The van der Waals surface area contributed by atoms with E-state index < -0.39 is 21.3 Å². The van der Waals surface area contributed by atoms with Gasteiger partial charge in [0.1, 0.15) is 0 Å². The Kier molecular flexibility index (Phi) is 3.51. The van der Waals surface area contributed by atoms with Gasteiger partial charge in [0.15, 0.2) is 0 Å². The number of hydrogen-bond acceptors (Lipinski definition) is 5. The van der Waals surface area contributed by atoms with Crippen LogP contribution in [0.25, 0.3) is 0 Å². The second-order valence-corrected chi connectivity index (χ2v) is 4.73. The molecule has 86 valence electrons. The smallest absolute Gasteiger partial charge is 0.404 e. The van der Waals surface area contributed by atoms with Crippen molar-refractivity contribution in [3.05, 3.63) is 35.4 Å². The maximum Gasteiger partial charge on any atom is 0.404 e. The summed E-state index contributed by atoms with van der Waals surface area (Å²) in [5.41, 5.74) is -0.153. The molecule has 6 nitrogen and oxygen atoms in total. The molecule has 1 N–H and O–H groups in total. The van der Waals surface area contributed by atoms with Gasteiger partial charge in [0.05, 0.1) is 21.8 Å². The van der Waals surface area contributed by atoms with Gasteiger partial charge in [0.2, 0.25) is 0 Å². The van der Waals surface area contributed by atoms with Crippen LogP contribution in [0.3, 0.4) is 0 Å². The third kappa shape index (κ3) is 3.52. The highest BCUT2D eigenvalue weighted by atomic mass is 35.7. The van der Waals surface area contributed by atoms with Crippen molar-refractivity contribution >= 4 is 32.0 Å². The zero-order valence-corrected chi connectivity index (χ0v) is 9.16. The Morgan fingerprint density at radius 2 is 1.56 bits per heavy atom. The Bertz CT molecular complexity index is 518. The summed E-state index contributed by atoms with van der Waals surface area (Å²) in [6.45, 7) is 0. The van der Waals surface area contributed by atoms with Crippen LogP contribution in [0.4, 0.5) is 0 Å². The second-order valence-electron chi connectivity index (χ2n) is 2.65. The number of carbonyl (C=O) groups is 2. The second kappa shape index (κ2) is 4.50. The van der Waals surface area contributed by atoms with Gasteiger partial charge in [-0.25, -0.2) is 9.59 Å². The minimum absolute atomic E-state index is 0.0368. The number of benzene rings is 1. The minimum atomic E-state index is -4.39. The average Bonchev–Trinajstić information content (AvgIpc) is 2.15. The van der Waals surface area contributed by atoms with Crippen LogP contribution >= 0.6 is 10.7 Å². The van der Waals surface area contributed by atoms with E-state index in [9.17, 15) is 18.0 Å². The lowest BCUT2D eigenvalue weighted by Crippen LogP contribution is -2.08. The van der Waals surface area contributed by atoms with Crippen molar-refractivity contribution in [1.29, 1.82) is 0 Å². The summed E-state index contributed by atoms with van der Waals surface area (Å²) in [7, 11) is 0.303. The Morgan fingerprint density at radius 3 is 1.94 bits per heavy atom. The van der Waals surface area contributed by atoms with E-state index in [1.54, 1.807) is 0 Å². The number of halogens is 1. The van der Waals surface area contributed by atoms with Gasteiger partial charge in [0.25, 0.3) is 0 Å². The molecular weight excluding hydrogens is 260 g/mol. The standard InChI is InChI=1S/C8H5ClO6S/c9-16(13,14)15-8(12)6-3-1-5(2-4-6)7(10)11/h1-4H,(H,10,11). The molecule has 1 aromatic carbocycles. The van der Waals surface area contributed by atoms with Crippen LogP contribution in [-0.2, 0) is 13.5 Å². The highest BCUT2D eigenvalue weighted by Gasteiger charge is 2.15. The molecule has 0 atom stereocenters. The quantitative estimate of drug-likeness (QED) is 0.819. The van der Waals surface area contributed by atoms with Crippen LogP contribution in [0, 0.1) is 0 Å². The topological polar surface area (TPSA) is 97.7 Å². The Hall–Kier alpha value is -1.60. The van der Waals surface area contributed by atoms with Crippen molar-refractivity contribution < 1.29 is 27.3 Å². The van der Waals surface area contributed by atoms with E-state index in [0.29, 0.717) is 0 Å². The maximum absolute atomic E-state index is 11.1. The van der Waals surface area contributed by atoms with Crippen molar-refractivity contribution in [2.45, 2.75) is 0 Å². The van der Waals surface area contributed by atoms with E-state index in [4.69, 9.17) is 15.8 Å². The summed E-state index contributed by atoms with van der Waals surface area (Å²) in [6, 6.07) is 4.52. The predicted molar refractivity (Wildman–Crippen MR) is 53.6 cm³/mol. The van der Waals surface area contributed by atoms with Crippen LogP contribution in [-0.4, -0.2) is 25.5 Å². The molecule has 1 rings (SSSR count). The van der Waals surface area contributed by atoms with E-state index in [-0.39, 0.29) is 11.1 Å². The van der Waals surface area contributed by atoms with Crippen molar-refractivity contribution in [1.82, 2.24) is 0 Å². The number of aromatic carboxylic acids is 1. The third-order valence-corrected chi connectivity index (χ3v) is 2.08. The zero-order valence-electron chi connectivity index (χ0n) is 7.58. The Labute approximate surface area is 95.0 Å². The first kappa shape index (κ1) is 12.5. The molecule has 0 radical (unpaired) electrons. The third-order valence-electron chi connectivity index (χ3n) is 1.54. The van der Waals surface area contributed by atoms with Crippen molar-refractivity contribution in [3.63, 3.8) is 0 Å². The molecule has 0 spiro atoms. The summed E-state index contributed by atoms with van der Waals surface area (Å²) < 4.78 is 24.7. The minimum Gasteiger partial charge on any atom is -0.478 e. The fraction of sp³-hybridized carbons (Fsp3) is 0. The van der Waals surface area contributed by atoms with Gasteiger partial charge in [-0.2, -0.15) is 8.42 Å². The summed E-state index contributed by atoms with van der Waals surface area (Å²) in [4.78, 5) is 21.6. The van der Waals surface area contributed by atoms with Gasteiger partial charge in [-0.1, -0.05) is 0 Å². The summed E-state index contributed by atoms with van der Waals surface area (Å²) in [6.07, 6.45) is 0. The normalized spacial score (nSPS) is 10.8. The lowest BCUT2D eigenvalue weighted by Gasteiger charge is -2.00. The molecule has 0 aliphatic carbocycles. The van der Waals surface area contributed by atoms with Crippen LogP contribution in [0.2, 0.25) is 0 Å². The number of carbonyl (C=O) groups excluding carboxylic acids is 1. The van der Waals surface area contributed by atoms with E-state index in [2.05, 4.69) is 4.18 Å². The lowest BCUT2D eigenvalue weighted by molar-refractivity contribution is 0.0692. The first-order valence-corrected chi connectivity index (χ1v) is 6.05. The van der Waals surface area contributed by atoms with Crippen molar-refractivity contribution in [2.24, 2.45) is 0 Å². The average molecular weight is 265 g/mol. The molecule has 8 heteroatoms. The summed E-state index contributed by atoms with van der Waals surface area (Å²) in [5.74, 6) is -2.34.